The number of carbonyl (C=O) groups is 1. The van der Waals surface area contributed by atoms with Gasteiger partial charge in [0.15, 0.2) is 0 Å². The van der Waals surface area contributed by atoms with Gasteiger partial charge >= 0.3 is 0 Å². The molecule has 2 N–H and O–H groups in total. The van der Waals surface area contributed by atoms with Crippen molar-refractivity contribution in [3.8, 4) is 45.4 Å². The molecule has 2 aromatic carbocycles. The zero-order chi connectivity index (χ0) is 33.6. The number of hydrogen-bond acceptors (Lipinski definition) is 9. The van der Waals surface area contributed by atoms with Crippen LogP contribution in [0.4, 0.5) is 0 Å². The molecule has 4 heterocycles. The summed E-state index contributed by atoms with van der Waals surface area (Å²) in [6, 6.07) is 11.7. The Kier molecular flexibility index (Phi) is 11.1. The lowest BCUT2D eigenvalue weighted by Crippen LogP contribution is -2.35. The minimum atomic E-state index is 0.0897. The Morgan fingerprint density at radius 1 is 0.854 bits per heavy atom. The molecule has 4 aromatic rings. The smallest absolute Gasteiger partial charge is 0.237 e. The molecule has 1 atom stereocenters. The summed E-state index contributed by atoms with van der Waals surface area (Å²) in [4.78, 5) is 32.9. The largest absolute Gasteiger partial charge is 0.480 e. The van der Waals surface area contributed by atoms with Crippen molar-refractivity contribution in [1.29, 1.82) is 0 Å². The molecule has 2 saturated heterocycles. The molecule has 0 unspecified atom stereocenters. The van der Waals surface area contributed by atoms with Crippen LogP contribution in [0.2, 0.25) is 10.0 Å². The van der Waals surface area contributed by atoms with Crippen molar-refractivity contribution in [3.05, 3.63) is 70.2 Å². The zero-order valence-electron chi connectivity index (χ0n) is 27.6. The Labute approximate surface area is 291 Å². The maximum Gasteiger partial charge on any atom is 0.237 e. The number of nitrogens with one attached hydrogen (secondary N) is 2. The molecule has 252 valence electrons. The van der Waals surface area contributed by atoms with Crippen LogP contribution in [0, 0.1) is 5.92 Å². The van der Waals surface area contributed by atoms with E-state index in [2.05, 4.69) is 27.4 Å². The Balaban J connectivity index is 1.22. The number of benzene rings is 2. The zero-order valence-corrected chi connectivity index (χ0v) is 29.1. The van der Waals surface area contributed by atoms with E-state index < -0.39 is 0 Å². The third-order valence-corrected chi connectivity index (χ3v) is 10.1. The minimum Gasteiger partial charge on any atom is -0.480 e. The lowest BCUT2D eigenvalue weighted by molar-refractivity contribution is -0.119. The molecule has 2 aromatic heterocycles. The Morgan fingerprint density at radius 3 is 1.96 bits per heavy atom. The van der Waals surface area contributed by atoms with Gasteiger partial charge in [0.1, 0.15) is 11.4 Å². The van der Waals surface area contributed by atoms with Gasteiger partial charge in [-0.25, -0.2) is 9.97 Å². The standard InChI is InChI=1S/C36H41Cl2N7O3/c1-4-22-13-15-45(16-14-22)21-31-36(48-3)44-29(20-41-31)27-10-6-8-25(34(27)38)24-7-5-9-26(33(24)37)28-19-40-30(35(43-28)47-2)18-39-17-23-11-12-32(46)42-23/h5-10,19-20,22-23,39H,4,11-18,21H2,1-3H3,(H,42,46)/t23-/m0/s1. The molecule has 12 heteroatoms. The van der Waals surface area contributed by atoms with Gasteiger partial charge in [0, 0.05) is 54.4 Å². The van der Waals surface area contributed by atoms with Crippen molar-refractivity contribution < 1.29 is 14.3 Å². The van der Waals surface area contributed by atoms with Crippen LogP contribution in [0.3, 0.4) is 0 Å². The highest BCUT2D eigenvalue weighted by atomic mass is 35.5. The van der Waals surface area contributed by atoms with Gasteiger partial charge in [0.2, 0.25) is 17.7 Å². The molecule has 0 saturated carbocycles. The van der Waals surface area contributed by atoms with Gasteiger partial charge in [-0.2, -0.15) is 0 Å². The number of amides is 1. The molecule has 0 bridgehead atoms. The average Bonchev–Trinajstić information content (AvgIpc) is 3.54. The molecule has 2 fully saturated rings. The Hall–Kier alpha value is -3.83. The van der Waals surface area contributed by atoms with Crippen molar-refractivity contribution in [2.24, 2.45) is 5.92 Å². The van der Waals surface area contributed by atoms with E-state index >= 15 is 0 Å². The molecular formula is C36H41Cl2N7O3. The molecular weight excluding hydrogens is 649 g/mol. The van der Waals surface area contributed by atoms with E-state index in [1.165, 1.54) is 19.3 Å². The maximum atomic E-state index is 11.5. The van der Waals surface area contributed by atoms with E-state index in [4.69, 9.17) is 47.6 Å². The van der Waals surface area contributed by atoms with Crippen LogP contribution in [-0.2, 0) is 17.9 Å². The van der Waals surface area contributed by atoms with Gasteiger partial charge in [-0.05, 0) is 38.3 Å². The Bertz CT molecular complexity index is 1760. The lowest BCUT2D eigenvalue weighted by atomic mass is 9.94. The van der Waals surface area contributed by atoms with Crippen molar-refractivity contribution in [2.45, 2.75) is 58.2 Å². The third kappa shape index (κ3) is 7.57. The molecule has 10 nitrogen and oxygen atoms in total. The summed E-state index contributed by atoms with van der Waals surface area (Å²) in [6.07, 6.45) is 8.50. The number of aromatic nitrogens is 4. The SMILES string of the molecule is CCC1CCN(Cc2ncc(-c3cccc(-c4cccc(-c5cnc(CNC[C@@H]6CCC(=O)N6)c(OC)n5)c4Cl)c3Cl)nc2OC)CC1. The highest BCUT2D eigenvalue weighted by Crippen LogP contribution is 2.42. The molecule has 6 rings (SSSR count). The average molecular weight is 691 g/mol. The highest BCUT2D eigenvalue weighted by Gasteiger charge is 2.23. The van der Waals surface area contributed by atoms with Gasteiger partial charge in [-0.3, -0.25) is 19.7 Å². The molecule has 2 aliphatic heterocycles. The second kappa shape index (κ2) is 15.6. The van der Waals surface area contributed by atoms with E-state index in [1.54, 1.807) is 26.6 Å². The number of hydrogen-bond donors (Lipinski definition) is 2. The number of ether oxygens (including phenoxy) is 2. The maximum absolute atomic E-state index is 11.5. The molecule has 0 aliphatic carbocycles. The normalized spacial score (nSPS) is 17.0. The first-order chi connectivity index (χ1) is 23.4. The molecule has 0 radical (unpaired) electrons. The summed E-state index contributed by atoms with van der Waals surface area (Å²) >= 11 is 14.1. The van der Waals surface area contributed by atoms with E-state index in [0.717, 1.165) is 47.8 Å². The second-order valence-electron chi connectivity index (χ2n) is 12.3. The number of halogens is 2. The topological polar surface area (TPSA) is 114 Å². The summed E-state index contributed by atoms with van der Waals surface area (Å²) in [5.41, 5.74) is 5.60. The monoisotopic (exact) mass is 689 g/mol. The summed E-state index contributed by atoms with van der Waals surface area (Å²) in [7, 11) is 3.19. The molecule has 2 aliphatic rings. The van der Waals surface area contributed by atoms with Crippen LogP contribution >= 0.6 is 23.2 Å². The third-order valence-electron chi connectivity index (χ3n) is 9.28. The number of likely N-dealkylation sites (tertiary alicyclic amines) is 1. The highest BCUT2D eigenvalue weighted by molar-refractivity contribution is 6.39. The van der Waals surface area contributed by atoms with Crippen LogP contribution in [0.15, 0.2) is 48.8 Å². The first kappa shape index (κ1) is 34.0. The fourth-order valence-electron chi connectivity index (χ4n) is 6.45. The van der Waals surface area contributed by atoms with E-state index in [-0.39, 0.29) is 11.9 Å². The predicted molar refractivity (Wildman–Crippen MR) is 188 cm³/mol. The first-order valence-corrected chi connectivity index (χ1v) is 17.2. The summed E-state index contributed by atoms with van der Waals surface area (Å²) in [5.74, 6) is 1.80. The van der Waals surface area contributed by atoms with E-state index in [0.29, 0.717) is 70.5 Å². The van der Waals surface area contributed by atoms with E-state index in [1.807, 2.05) is 36.4 Å². The number of methoxy groups -OCH3 is 2. The van der Waals surface area contributed by atoms with Gasteiger partial charge in [0.25, 0.3) is 0 Å². The van der Waals surface area contributed by atoms with Gasteiger partial charge in [0.05, 0.1) is 48.0 Å². The van der Waals surface area contributed by atoms with Gasteiger partial charge < -0.3 is 20.1 Å². The number of carbonyl (C=O) groups excluding carboxylic acids is 1. The predicted octanol–water partition coefficient (Wildman–Crippen LogP) is 6.58. The van der Waals surface area contributed by atoms with Crippen molar-refractivity contribution in [1.82, 2.24) is 35.5 Å². The second-order valence-corrected chi connectivity index (χ2v) is 13.1. The number of nitrogens with zero attached hydrogens (tertiary/aromatic N) is 5. The summed E-state index contributed by atoms with van der Waals surface area (Å²) in [6.45, 7) is 6.18. The van der Waals surface area contributed by atoms with Crippen molar-refractivity contribution in [3.63, 3.8) is 0 Å². The van der Waals surface area contributed by atoms with Gasteiger partial charge in [-0.15, -0.1) is 0 Å². The van der Waals surface area contributed by atoms with Gasteiger partial charge in [-0.1, -0.05) is 72.9 Å². The number of rotatable bonds is 12. The quantitative estimate of drug-likeness (QED) is 0.170. The first-order valence-electron chi connectivity index (χ1n) is 16.5. The summed E-state index contributed by atoms with van der Waals surface area (Å²) < 4.78 is 11.3. The molecule has 0 spiro atoms. The molecule has 1 amide bonds. The molecule has 48 heavy (non-hydrogen) atoms. The minimum absolute atomic E-state index is 0.0897. The van der Waals surface area contributed by atoms with Crippen LogP contribution in [-0.4, -0.2) is 70.6 Å². The van der Waals surface area contributed by atoms with Crippen LogP contribution < -0.4 is 20.1 Å². The van der Waals surface area contributed by atoms with Crippen LogP contribution in [0.1, 0.15) is 50.4 Å². The fourth-order valence-corrected chi connectivity index (χ4v) is 7.09. The van der Waals surface area contributed by atoms with Crippen molar-refractivity contribution in [2.75, 3.05) is 33.9 Å². The summed E-state index contributed by atoms with van der Waals surface area (Å²) in [5, 5.41) is 7.29. The van der Waals surface area contributed by atoms with Crippen molar-refractivity contribution >= 4 is 29.1 Å². The van der Waals surface area contributed by atoms with Crippen LogP contribution in [0.25, 0.3) is 33.6 Å². The number of piperidine rings is 1. The van der Waals surface area contributed by atoms with E-state index in [9.17, 15) is 4.79 Å². The Morgan fingerprint density at radius 2 is 1.42 bits per heavy atom. The lowest BCUT2D eigenvalue weighted by Gasteiger charge is -2.31. The fraction of sp³-hybridized carbons (Fsp3) is 0.417. The van der Waals surface area contributed by atoms with Crippen LogP contribution in [0.5, 0.6) is 11.8 Å².